The van der Waals surface area contributed by atoms with Crippen molar-refractivity contribution in [2.24, 2.45) is 4.99 Å². The van der Waals surface area contributed by atoms with Crippen molar-refractivity contribution in [3.63, 3.8) is 0 Å². The van der Waals surface area contributed by atoms with E-state index in [1.165, 1.54) is 16.8 Å². The molecule has 3 aromatic heterocycles. The molecule has 0 fully saturated rings. The van der Waals surface area contributed by atoms with E-state index in [4.69, 9.17) is 0 Å². The fourth-order valence-electron chi connectivity index (χ4n) is 3.03. The second-order valence-electron chi connectivity index (χ2n) is 6.40. The molecule has 4 heterocycles. The highest BCUT2D eigenvalue weighted by molar-refractivity contribution is 5.85. The maximum atomic E-state index is 13.0. The number of benzene rings is 1. The van der Waals surface area contributed by atoms with Crippen LogP contribution in [0.4, 0.5) is 13.2 Å². The predicted molar refractivity (Wildman–Crippen MR) is 98.3 cm³/mol. The molecule has 0 saturated heterocycles. The number of aromatic nitrogens is 4. The summed E-state index contributed by atoms with van der Waals surface area (Å²) in [7, 11) is 0. The molecule has 4 aromatic rings. The first-order valence-electron chi connectivity index (χ1n) is 8.52. The van der Waals surface area contributed by atoms with Gasteiger partial charge < -0.3 is 0 Å². The number of hydrogen-bond acceptors (Lipinski definition) is 4. The molecule has 0 amide bonds. The normalized spacial score (nSPS) is 15.9. The SMILES string of the molecule is FC(F)(F)c1cccc(-n2ncc3ccc(-c4cccc(C5C=N5)n4)cc32)n1. The molecular weight excluding hydrogens is 367 g/mol. The van der Waals surface area contributed by atoms with Crippen LogP contribution in [0.5, 0.6) is 0 Å². The van der Waals surface area contributed by atoms with Crippen molar-refractivity contribution in [2.75, 3.05) is 0 Å². The van der Waals surface area contributed by atoms with Crippen LogP contribution in [0.1, 0.15) is 17.4 Å². The quantitative estimate of drug-likeness (QED) is 0.522. The molecule has 0 radical (unpaired) electrons. The van der Waals surface area contributed by atoms with E-state index in [9.17, 15) is 13.2 Å². The van der Waals surface area contributed by atoms with Crippen LogP contribution in [-0.4, -0.2) is 26.0 Å². The molecule has 0 aliphatic carbocycles. The third-order valence-corrected chi connectivity index (χ3v) is 4.48. The molecule has 0 N–H and O–H groups in total. The Morgan fingerprint density at radius 2 is 1.75 bits per heavy atom. The van der Waals surface area contributed by atoms with Crippen LogP contribution in [-0.2, 0) is 6.18 Å². The standard InChI is InChI=1S/C20H12F3N5/c21-20(22,23)18-5-2-6-19(27-18)28-17-9-12(7-8-13(17)10-25-28)14-3-1-4-15(26-14)16-11-24-16/h1-11,16H. The number of fused-ring (bicyclic) bond motifs is 1. The highest BCUT2D eigenvalue weighted by Gasteiger charge is 2.32. The number of aliphatic imine (C=N–C) groups is 1. The smallest absolute Gasteiger partial charge is 0.279 e. The highest BCUT2D eigenvalue weighted by atomic mass is 19.4. The van der Waals surface area contributed by atoms with Gasteiger partial charge in [0.05, 0.1) is 23.1 Å². The summed E-state index contributed by atoms with van der Waals surface area (Å²) >= 11 is 0. The summed E-state index contributed by atoms with van der Waals surface area (Å²) in [4.78, 5) is 12.5. The summed E-state index contributed by atoms with van der Waals surface area (Å²) in [5.74, 6) is 0.107. The third kappa shape index (κ3) is 2.92. The predicted octanol–water partition coefficient (Wildman–Crippen LogP) is 4.63. The zero-order valence-electron chi connectivity index (χ0n) is 14.3. The van der Waals surface area contributed by atoms with Gasteiger partial charge in [-0.3, -0.25) is 9.98 Å². The van der Waals surface area contributed by atoms with Crippen molar-refractivity contribution in [1.82, 2.24) is 19.7 Å². The van der Waals surface area contributed by atoms with Crippen molar-refractivity contribution >= 4 is 17.1 Å². The Hall–Kier alpha value is -3.55. The zero-order valence-corrected chi connectivity index (χ0v) is 14.3. The first-order chi connectivity index (χ1) is 13.5. The van der Waals surface area contributed by atoms with Gasteiger partial charge in [0.2, 0.25) is 0 Å². The minimum atomic E-state index is -4.51. The molecule has 5 nitrogen and oxygen atoms in total. The molecule has 0 bridgehead atoms. The topological polar surface area (TPSA) is 56.0 Å². The summed E-state index contributed by atoms with van der Waals surface area (Å²) in [6.45, 7) is 0. The summed E-state index contributed by atoms with van der Waals surface area (Å²) in [5.41, 5.74) is 2.16. The van der Waals surface area contributed by atoms with E-state index >= 15 is 0 Å². The Labute approximate surface area is 157 Å². The Kier molecular flexibility index (Phi) is 3.55. The van der Waals surface area contributed by atoms with Crippen molar-refractivity contribution < 1.29 is 13.2 Å². The van der Waals surface area contributed by atoms with Gasteiger partial charge >= 0.3 is 6.18 Å². The van der Waals surface area contributed by atoms with E-state index in [0.29, 0.717) is 5.52 Å². The molecule has 0 saturated carbocycles. The minimum absolute atomic E-state index is 0.0449. The number of hydrogen-bond donors (Lipinski definition) is 0. The molecule has 1 aliphatic rings. The molecule has 5 rings (SSSR count). The first-order valence-corrected chi connectivity index (χ1v) is 8.52. The molecule has 28 heavy (non-hydrogen) atoms. The molecule has 0 spiro atoms. The van der Waals surface area contributed by atoms with Gasteiger partial charge in [-0.15, -0.1) is 0 Å². The van der Waals surface area contributed by atoms with Crippen LogP contribution in [0.15, 0.2) is 65.8 Å². The zero-order chi connectivity index (χ0) is 19.3. The van der Waals surface area contributed by atoms with Gasteiger partial charge in [-0.2, -0.15) is 18.3 Å². The van der Waals surface area contributed by atoms with Gasteiger partial charge in [0.1, 0.15) is 11.7 Å². The Balaban J connectivity index is 1.60. The van der Waals surface area contributed by atoms with Crippen molar-refractivity contribution in [3.8, 4) is 17.1 Å². The van der Waals surface area contributed by atoms with Gasteiger partial charge in [0, 0.05) is 17.2 Å². The lowest BCUT2D eigenvalue weighted by Gasteiger charge is -2.09. The monoisotopic (exact) mass is 379 g/mol. The van der Waals surface area contributed by atoms with Gasteiger partial charge in [0.15, 0.2) is 5.82 Å². The fourth-order valence-corrected chi connectivity index (χ4v) is 3.03. The summed E-state index contributed by atoms with van der Waals surface area (Å²) in [6, 6.07) is 15.1. The second-order valence-corrected chi connectivity index (χ2v) is 6.40. The molecule has 138 valence electrons. The van der Waals surface area contributed by atoms with Gasteiger partial charge in [-0.25, -0.2) is 9.67 Å². The van der Waals surface area contributed by atoms with E-state index in [1.807, 2.05) is 42.6 Å². The highest BCUT2D eigenvalue weighted by Crippen LogP contribution is 2.30. The van der Waals surface area contributed by atoms with Crippen molar-refractivity contribution in [1.29, 1.82) is 0 Å². The summed E-state index contributed by atoms with van der Waals surface area (Å²) in [6.07, 6.45) is -1.09. The number of halogens is 3. The van der Waals surface area contributed by atoms with Gasteiger partial charge in [-0.05, 0) is 30.3 Å². The van der Waals surface area contributed by atoms with E-state index < -0.39 is 11.9 Å². The van der Waals surface area contributed by atoms with Crippen LogP contribution in [0.2, 0.25) is 0 Å². The average Bonchev–Trinajstić information content (AvgIpc) is 3.47. The lowest BCUT2D eigenvalue weighted by Crippen LogP contribution is -2.10. The molecule has 1 unspecified atom stereocenters. The number of rotatable bonds is 3. The van der Waals surface area contributed by atoms with E-state index in [-0.39, 0.29) is 11.9 Å². The summed E-state index contributed by atoms with van der Waals surface area (Å²) in [5, 5.41) is 5.02. The van der Waals surface area contributed by atoms with Crippen LogP contribution < -0.4 is 0 Å². The largest absolute Gasteiger partial charge is 0.433 e. The van der Waals surface area contributed by atoms with Crippen LogP contribution in [0.25, 0.3) is 28.0 Å². The second kappa shape index (κ2) is 5.98. The minimum Gasteiger partial charge on any atom is -0.279 e. The number of alkyl halides is 3. The fraction of sp³-hybridized carbons (Fsp3) is 0.100. The number of pyridine rings is 2. The Bertz CT molecular complexity index is 1220. The van der Waals surface area contributed by atoms with Crippen LogP contribution >= 0.6 is 0 Å². The van der Waals surface area contributed by atoms with Crippen LogP contribution in [0.3, 0.4) is 0 Å². The van der Waals surface area contributed by atoms with Gasteiger partial charge in [-0.1, -0.05) is 24.3 Å². The van der Waals surface area contributed by atoms with Crippen LogP contribution in [0, 0.1) is 0 Å². The van der Waals surface area contributed by atoms with Crippen molar-refractivity contribution in [3.05, 3.63) is 72.2 Å². The molecular formula is C20H12F3N5. The maximum Gasteiger partial charge on any atom is 0.433 e. The first kappa shape index (κ1) is 16.6. The lowest BCUT2D eigenvalue weighted by atomic mass is 10.1. The molecule has 8 heteroatoms. The number of nitrogens with zero attached hydrogens (tertiary/aromatic N) is 5. The van der Waals surface area contributed by atoms with E-state index in [0.717, 1.165) is 28.4 Å². The Morgan fingerprint density at radius 1 is 0.929 bits per heavy atom. The third-order valence-electron chi connectivity index (χ3n) is 4.48. The van der Waals surface area contributed by atoms with Crippen molar-refractivity contribution in [2.45, 2.75) is 12.2 Å². The molecule has 1 atom stereocenters. The van der Waals surface area contributed by atoms with Gasteiger partial charge in [0.25, 0.3) is 0 Å². The average molecular weight is 379 g/mol. The summed E-state index contributed by atoms with van der Waals surface area (Å²) < 4.78 is 40.4. The maximum absolute atomic E-state index is 13.0. The van der Waals surface area contributed by atoms with E-state index in [2.05, 4.69) is 20.1 Å². The Morgan fingerprint density at radius 3 is 2.54 bits per heavy atom. The molecule has 1 aromatic carbocycles. The molecule has 1 aliphatic heterocycles. The van der Waals surface area contributed by atoms with E-state index in [1.54, 1.807) is 6.20 Å². The lowest BCUT2D eigenvalue weighted by molar-refractivity contribution is -0.141.